The summed E-state index contributed by atoms with van der Waals surface area (Å²) in [7, 11) is 0. The van der Waals surface area contributed by atoms with Gasteiger partial charge in [0.15, 0.2) is 0 Å². The van der Waals surface area contributed by atoms with Gasteiger partial charge in [-0.25, -0.2) is 0 Å². The average molecular weight is 227 g/mol. The number of hydrogen-bond donors (Lipinski definition) is 1. The van der Waals surface area contributed by atoms with Gasteiger partial charge in [-0.1, -0.05) is 40.0 Å². The molecule has 1 N–H and O–H groups in total. The van der Waals surface area contributed by atoms with Crippen LogP contribution < -0.4 is 5.32 Å². The van der Waals surface area contributed by atoms with Crippen LogP contribution in [0.1, 0.15) is 52.9 Å². The molecule has 2 unspecified atom stereocenters. The number of rotatable bonds is 10. The summed E-state index contributed by atoms with van der Waals surface area (Å²) in [6.07, 6.45) is 6.59. The molecule has 0 bridgehead atoms. The Kier molecular flexibility index (Phi) is 7.06. The van der Waals surface area contributed by atoms with Gasteiger partial charge in [-0.2, -0.15) is 0 Å². The summed E-state index contributed by atoms with van der Waals surface area (Å²) in [5.74, 6) is 1.71. The molecule has 1 fully saturated rings. The Morgan fingerprint density at radius 1 is 1.31 bits per heavy atom. The normalized spacial score (nSPS) is 19.7. The summed E-state index contributed by atoms with van der Waals surface area (Å²) >= 11 is 0. The van der Waals surface area contributed by atoms with E-state index in [0.717, 1.165) is 25.7 Å². The molecule has 0 amide bonds. The van der Waals surface area contributed by atoms with E-state index in [1.807, 2.05) is 0 Å². The lowest BCUT2D eigenvalue weighted by molar-refractivity contribution is 0.0904. The van der Waals surface area contributed by atoms with Crippen LogP contribution in [0.25, 0.3) is 0 Å². The van der Waals surface area contributed by atoms with Crippen molar-refractivity contribution in [3.05, 3.63) is 0 Å². The minimum atomic E-state index is 0.546. The van der Waals surface area contributed by atoms with Crippen molar-refractivity contribution in [1.29, 1.82) is 0 Å². The quantitative estimate of drug-likeness (QED) is 0.579. The zero-order valence-electron chi connectivity index (χ0n) is 11.3. The van der Waals surface area contributed by atoms with Gasteiger partial charge in [0.05, 0.1) is 6.61 Å². The van der Waals surface area contributed by atoms with Gasteiger partial charge in [0.25, 0.3) is 0 Å². The highest BCUT2D eigenvalue weighted by molar-refractivity contribution is 4.74. The van der Waals surface area contributed by atoms with Crippen molar-refractivity contribution < 1.29 is 4.74 Å². The predicted octanol–water partition coefficient (Wildman–Crippen LogP) is 3.22. The third kappa shape index (κ3) is 5.86. The molecule has 0 saturated heterocycles. The first-order valence-corrected chi connectivity index (χ1v) is 7.09. The first kappa shape index (κ1) is 14.0. The van der Waals surface area contributed by atoms with Gasteiger partial charge in [0.1, 0.15) is 0 Å². The lowest BCUT2D eigenvalue weighted by Crippen LogP contribution is -2.39. The van der Waals surface area contributed by atoms with Crippen molar-refractivity contribution in [1.82, 2.24) is 5.32 Å². The molecule has 0 radical (unpaired) electrons. The smallest absolute Gasteiger partial charge is 0.0622 e. The second-order valence-corrected chi connectivity index (χ2v) is 5.25. The number of ether oxygens (including phenoxy) is 1. The minimum absolute atomic E-state index is 0.546. The van der Waals surface area contributed by atoms with Crippen LogP contribution in [-0.4, -0.2) is 25.8 Å². The summed E-state index contributed by atoms with van der Waals surface area (Å²) in [6, 6.07) is 0.546. The van der Waals surface area contributed by atoms with Crippen molar-refractivity contribution in [2.75, 3.05) is 19.8 Å². The predicted molar refractivity (Wildman–Crippen MR) is 69.7 cm³/mol. The average Bonchev–Trinajstić information content (AvgIpc) is 3.11. The first-order chi connectivity index (χ1) is 7.77. The zero-order valence-corrected chi connectivity index (χ0v) is 11.3. The Morgan fingerprint density at radius 2 is 2.06 bits per heavy atom. The summed E-state index contributed by atoms with van der Waals surface area (Å²) in [5.41, 5.74) is 0. The molecule has 1 saturated carbocycles. The highest BCUT2D eigenvalue weighted by Gasteiger charge is 2.21. The third-order valence-corrected chi connectivity index (χ3v) is 3.65. The van der Waals surface area contributed by atoms with Crippen LogP contribution in [-0.2, 0) is 4.74 Å². The lowest BCUT2D eigenvalue weighted by atomic mass is 10.00. The second-order valence-electron chi connectivity index (χ2n) is 5.25. The Balaban J connectivity index is 2.08. The van der Waals surface area contributed by atoms with Gasteiger partial charge in [-0.3, -0.25) is 0 Å². The molecule has 0 aliphatic heterocycles. The van der Waals surface area contributed by atoms with Crippen LogP contribution in [0.5, 0.6) is 0 Å². The van der Waals surface area contributed by atoms with Crippen LogP contribution in [0.2, 0.25) is 0 Å². The molecule has 96 valence electrons. The molecule has 1 aliphatic carbocycles. The largest absolute Gasteiger partial charge is 0.380 e. The topological polar surface area (TPSA) is 21.3 Å². The first-order valence-electron chi connectivity index (χ1n) is 7.09. The van der Waals surface area contributed by atoms with Crippen LogP contribution in [0, 0.1) is 11.8 Å². The van der Waals surface area contributed by atoms with Gasteiger partial charge < -0.3 is 10.1 Å². The summed E-state index contributed by atoms with van der Waals surface area (Å²) in [6.45, 7) is 9.76. The van der Waals surface area contributed by atoms with Crippen molar-refractivity contribution in [2.24, 2.45) is 11.8 Å². The van der Waals surface area contributed by atoms with E-state index >= 15 is 0 Å². The molecule has 1 rings (SSSR count). The Bertz CT molecular complexity index is 168. The Hall–Kier alpha value is -0.0800. The van der Waals surface area contributed by atoms with Crippen molar-refractivity contribution >= 4 is 0 Å². The minimum Gasteiger partial charge on any atom is -0.380 e. The van der Waals surface area contributed by atoms with E-state index in [9.17, 15) is 0 Å². The molecule has 0 spiro atoms. The fourth-order valence-electron chi connectivity index (χ4n) is 1.91. The van der Waals surface area contributed by atoms with Crippen molar-refractivity contribution in [3.8, 4) is 0 Å². The standard InChI is InChI=1S/C14H29NO/c1-4-9-15-14(12(3)5-2)11-16-10-8-13-6-7-13/h12-15H,4-11H2,1-3H3. The van der Waals surface area contributed by atoms with Gasteiger partial charge in [0, 0.05) is 12.6 Å². The fraction of sp³-hybridized carbons (Fsp3) is 1.00. The van der Waals surface area contributed by atoms with E-state index in [-0.39, 0.29) is 0 Å². The Morgan fingerprint density at radius 3 is 2.62 bits per heavy atom. The fourth-order valence-corrected chi connectivity index (χ4v) is 1.91. The number of nitrogens with one attached hydrogen (secondary N) is 1. The van der Waals surface area contributed by atoms with Crippen LogP contribution in [0.3, 0.4) is 0 Å². The molecule has 2 heteroatoms. The van der Waals surface area contributed by atoms with E-state index in [4.69, 9.17) is 4.74 Å². The van der Waals surface area contributed by atoms with E-state index in [0.29, 0.717) is 12.0 Å². The summed E-state index contributed by atoms with van der Waals surface area (Å²) in [4.78, 5) is 0. The van der Waals surface area contributed by atoms with E-state index in [2.05, 4.69) is 26.1 Å². The van der Waals surface area contributed by atoms with Crippen LogP contribution in [0.15, 0.2) is 0 Å². The van der Waals surface area contributed by atoms with Crippen molar-refractivity contribution in [3.63, 3.8) is 0 Å². The maximum absolute atomic E-state index is 5.80. The van der Waals surface area contributed by atoms with Crippen molar-refractivity contribution in [2.45, 2.75) is 58.9 Å². The van der Waals surface area contributed by atoms with E-state index in [1.165, 1.54) is 32.1 Å². The van der Waals surface area contributed by atoms with Gasteiger partial charge in [-0.05, 0) is 31.2 Å². The second kappa shape index (κ2) is 8.08. The molecule has 1 aliphatic rings. The molecule has 2 atom stereocenters. The molecule has 2 nitrogen and oxygen atoms in total. The number of hydrogen-bond acceptors (Lipinski definition) is 2. The van der Waals surface area contributed by atoms with Crippen LogP contribution >= 0.6 is 0 Å². The highest BCUT2D eigenvalue weighted by Crippen LogP contribution is 2.32. The summed E-state index contributed by atoms with van der Waals surface area (Å²) in [5, 5.41) is 3.60. The third-order valence-electron chi connectivity index (χ3n) is 3.65. The Labute approximate surface area is 101 Å². The SMILES string of the molecule is CCCNC(COCCC1CC1)C(C)CC. The molecule has 0 aromatic carbocycles. The molecular weight excluding hydrogens is 198 g/mol. The molecular formula is C14H29NO. The molecule has 16 heavy (non-hydrogen) atoms. The van der Waals surface area contributed by atoms with Gasteiger partial charge in [-0.15, -0.1) is 0 Å². The van der Waals surface area contributed by atoms with Gasteiger partial charge >= 0.3 is 0 Å². The van der Waals surface area contributed by atoms with Gasteiger partial charge in [0.2, 0.25) is 0 Å². The maximum Gasteiger partial charge on any atom is 0.0622 e. The molecule has 0 heterocycles. The lowest BCUT2D eigenvalue weighted by Gasteiger charge is -2.24. The zero-order chi connectivity index (χ0) is 11.8. The maximum atomic E-state index is 5.80. The molecule has 0 aromatic heterocycles. The summed E-state index contributed by atoms with van der Waals surface area (Å²) < 4.78 is 5.80. The van der Waals surface area contributed by atoms with E-state index < -0.39 is 0 Å². The molecule has 0 aromatic rings. The highest BCUT2D eigenvalue weighted by atomic mass is 16.5. The van der Waals surface area contributed by atoms with E-state index in [1.54, 1.807) is 0 Å². The monoisotopic (exact) mass is 227 g/mol. The van der Waals surface area contributed by atoms with Crippen LogP contribution in [0.4, 0.5) is 0 Å².